The predicted molar refractivity (Wildman–Crippen MR) is 94.4 cm³/mol. The summed E-state index contributed by atoms with van der Waals surface area (Å²) in [4.78, 5) is 17.7. The predicted octanol–water partition coefficient (Wildman–Crippen LogP) is 3.71. The molecule has 2 heterocycles. The van der Waals surface area contributed by atoms with Crippen LogP contribution in [0.5, 0.6) is 0 Å². The van der Waals surface area contributed by atoms with Gasteiger partial charge in [0.05, 0.1) is 16.6 Å². The van der Waals surface area contributed by atoms with E-state index in [4.69, 9.17) is 4.98 Å². The molecule has 1 amide bonds. The van der Waals surface area contributed by atoms with E-state index in [1.54, 1.807) is 4.68 Å². The Bertz CT molecular complexity index is 953. The van der Waals surface area contributed by atoms with Gasteiger partial charge in [0.1, 0.15) is 0 Å². The summed E-state index contributed by atoms with van der Waals surface area (Å²) in [5.41, 5.74) is 5.19. The van der Waals surface area contributed by atoms with Crippen LogP contribution in [0.15, 0.2) is 30.3 Å². The maximum Gasteiger partial charge on any atom is 0.256 e. The van der Waals surface area contributed by atoms with Gasteiger partial charge >= 0.3 is 0 Å². The Morgan fingerprint density at radius 3 is 2.75 bits per heavy atom. The van der Waals surface area contributed by atoms with Crippen LogP contribution in [0.2, 0.25) is 0 Å². The van der Waals surface area contributed by atoms with Gasteiger partial charge in [-0.3, -0.25) is 9.48 Å². The summed E-state index contributed by atoms with van der Waals surface area (Å²) >= 11 is 0. The molecule has 1 aliphatic rings. The lowest BCUT2D eigenvalue weighted by Crippen LogP contribution is -2.13. The molecule has 2 aromatic heterocycles. The molecule has 0 saturated heterocycles. The van der Waals surface area contributed by atoms with Crippen LogP contribution in [0.4, 0.5) is 5.69 Å². The minimum Gasteiger partial charge on any atom is -0.322 e. The van der Waals surface area contributed by atoms with E-state index in [1.807, 2.05) is 51.2 Å². The van der Waals surface area contributed by atoms with Crippen molar-refractivity contribution in [3.05, 3.63) is 52.8 Å². The van der Waals surface area contributed by atoms with Gasteiger partial charge in [-0.2, -0.15) is 5.10 Å². The van der Waals surface area contributed by atoms with Crippen molar-refractivity contribution in [1.29, 1.82) is 0 Å². The average molecular weight is 320 g/mol. The smallest absolute Gasteiger partial charge is 0.256 e. The van der Waals surface area contributed by atoms with Gasteiger partial charge in [0.25, 0.3) is 5.91 Å². The number of aromatic nitrogens is 3. The molecule has 0 aliphatic heterocycles. The standard InChI is InChI=1S/C19H20N4O/c1-11-5-4-6-14(9-11)20-19(24)15-10-16(13-7-8-13)21-18-17(15)12(2)22-23(18)3/h4-6,9-10,13H,7-8H2,1-3H3,(H,20,24). The lowest BCUT2D eigenvalue weighted by atomic mass is 10.1. The van der Waals surface area contributed by atoms with E-state index in [-0.39, 0.29) is 5.91 Å². The summed E-state index contributed by atoms with van der Waals surface area (Å²) in [6.07, 6.45) is 2.29. The summed E-state index contributed by atoms with van der Waals surface area (Å²) in [6.45, 7) is 3.93. The number of carbonyl (C=O) groups is 1. The van der Waals surface area contributed by atoms with Gasteiger partial charge in [-0.25, -0.2) is 4.98 Å². The fraction of sp³-hybridized carbons (Fsp3) is 0.316. The third-order valence-corrected chi connectivity index (χ3v) is 4.50. The van der Waals surface area contributed by atoms with Gasteiger partial charge in [-0.1, -0.05) is 12.1 Å². The van der Waals surface area contributed by atoms with E-state index in [9.17, 15) is 4.79 Å². The second-order valence-corrected chi connectivity index (χ2v) is 6.60. The molecule has 122 valence electrons. The molecule has 1 saturated carbocycles. The molecule has 0 spiro atoms. The number of nitrogens with one attached hydrogen (secondary N) is 1. The SMILES string of the molecule is Cc1cccc(NC(=O)c2cc(C3CC3)nc3c2c(C)nn3C)c1. The lowest BCUT2D eigenvalue weighted by Gasteiger charge is -2.09. The number of nitrogens with zero attached hydrogens (tertiary/aromatic N) is 3. The molecule has 1 aromatic carbocycles. The number of rotatable bonds is 3. The largest absolute Gasteiger partial charge is 0.322 e. The molecule has 1 fully saturated rings. The number of anilines is 1. The van der Waals surface area contributed by atoms with Crippen molar-refractivity contribution in [3.63, 3.8) is 0 Å². The van der Waals surface area contributed by atoms with Gasteiger partial charge in [0.15, 0.2) is 5.65 Å². The zero-order valence-corrected chi connectivity index (χ0v) is 14.1. The molecule has 5 nitrogen and oxygen atoms in total. The van der Waals surface area contributed by atoms with Gasteiger partial charge < -0.3 is 5.32 Å². The normalized spacial score (nSPS) is 14.1. The van der Waals surface area contributed by atoms with E-state index in [0.717, 1.165) is 46.5 Å². The highest BCUT2D eigenvalue weighted by atomic mass is 16.1. The number of hydrogen-bond acceptors (Lipinski definition) is 3. The van der Waals surface area contributed by atoms with Crippen LogP contribution in [-0.4, -0.2) is 20.7 Å². The number of pyridine rings is 1. The molecule has 0 bridgehead atoms. The van der Waals surface area contributed by atoms with Crippen LogP contribution in [-0.2, 0) is 7.05 Å². The van der Waals surface area contributed by atoms with Crippen molar-refractivity contribution in [2.75, 3.05) is 5.32 Å². The maximum atomic E-state index is 12.9. The van der Waals surface area contributed by atoms with Crippen LogP contribution >= 0.6 is 0 Å². The second-order valence-electron chi connectivity index (χ2n) is 6.60. The Morgan fingerprint density at radius 2 is 2.04 bits per heavy atom. The van der Waals surface area contributed by atoms with E-state index in [2.05, 4.69) is 10.4 Å². The summed E-state index contributed by atoms with van der Waals surface area (Å²) < 4.78 is 1.76. The van der Waals surface area contributed by atoms with Crippen LogP contribution in [0.1, 0.15) is 46.1 Å². The van der Waals surface area contributed by atoms with Crippen molar-refractivity contribution in [1.82, 2.24) is 14.8 Å². The highest BCUT2D eigenvalue weighted by molar-refractivity contribution is 6.12. The number of benzene rings is 1. The highest BCUT2D eigenvalue weighted by Gasteiger charge is 2.28. The Kier molecular flexibility index (Phi) is 3.37. The monoisotopic (exact) mass is 320 g/mol. The highest BCUT2D eigenvalue weighted by Crippen LogP contribution is 2.40. The zero-order valence-electron chi connectivity index (χ0n) is 14.1. The Morgan fingerprint density at radius 1 is 1.25 bits per heavy atom. The molecule has 3 aromatic rings. The first kappa shape index (κ1) is 14.9. The van der Waals surface area contributed by atoms with Gasteiger partial charge in [-0.15, -0.1) is 0 Å². The Labute approximate surface area is 140 Å². The molecule has 1 N–H and O–H groups in total. The zero-order chi connectivity index (χ0) is 16.8. The molecule has 5 heteroatoms. The van der Waals surface area contributed by atoms with Gasteiger partial charge in [0.2, 0.25) is 0 Å². The molecule has 1 aliphatic carbocycles. The fourth-order valence-corrected chi connectivity index (χ4v) is 3.15. The van der Waals surface area contributed by atoms with Crippen LogP contribution in [0.3, 0.4) is 0 Å². The van der Waals surface area contributed by atoms with E-state index < -0.39 is 0 Å². The van der Waals surface area contributed by atoms with Crippen LogP contribution in [0.25, 0.3) is 11.0 Å². The van der Waals surface area contributed by atoms with Crippen molar-refractivity contribution in [3.8, 4) is 0 Å². The number of hydrogen-bond donors (Lipinski definition) is 1. The third kappa shape index (κ3) is 2.56. The second kappa shape index (κ2) is 5.44. The van der Waals surface area contributed by atoms with Crippen LogP contribution < -0.4 is 5.32 Å². The van der Waals surface area contributed by atoms with Crippen molar-refractivity contribution in [2.45, 2.75) is 32.6 Å². The van der Waals surface area contributed by atoms with E-state index in [1.165, 1.54) is 0 Å². The van der Waals surface area contributed by atoms with Gasteiger partial charge in [0, 0.05) is 24.3 Å². The topological polar surface area (TPSA) is 59.8 Å². The summed E-state index contributed by atoms with van der Waals surface area (Å²) in [7, 11) is 1.88. The summed E-state index contributed by atoms with van der Waals surface area (Å²) in [5, 5.41) is 8.30. The summed E-state index contributed by atoms with van der Waals surface area (Å²) in [6, 6.07) is 9.77. The van der Waals surface area contributed by atoms with Gasteiger partial charge in [-0.05, 0) is 50.5 Å². The molecule has 4 rings (SSSR count). The minimum absolute atomic E-state index is 0.106. The molecule has 0 radical (unpaired) electrons. The van der Waals surface area contributed by atoms with Crippen molar-refractivity contribution < 1.29 is 4.79 Å². The molecular formula is C19H20N4O. The lowest BCUT2D eigenvalue weighted by molar-refractivity contribution is 0.102. The number of amides is 1. The quantitative estimate of drug-likeness (QED) is 0.800. The molecular weight excluding hydrogens is 300 g/mol. The van der Waals surface area contributed by atoms with Crippen molar-refractivity contribution in [2.24, 2.45) is 7.05 Å². The third-order valence-electron chi connectivity index (χ3n) is 4.50. The maximum absolute atomic E-state index is 12.9. The minimum atomic E-state index is -0.106. The molecule has 24 heavy (non-hydrogen) atoms. The Balaban J connectivity index is 1.80. The first-order valence-corrected chi connectivity index (χ1v) is 8.25. The first-order chi connectivity index (χ1) is 11.5. The van der Waals surface area contributed by atoms with Crippen LogP contribution in [0, 0.1) is 13.8 Å². The van der Waals surface area contributed by atoms with E-state index >= 15 is 0 Å². The summed E-state index contributed by atoms with van der Waals surface area (Å²) in [5.74, 6) is 0.376. The van der Waals surface area contributed by atoms with Crippen molar-refractivity contribution >= 4 is 22.6 Å². The van der Waals surface area contributed by atoms with E-state index in [0.29, 0.717) is 11.5 Å². The fourth-order valence-electron chi connectivity index (χ4n) is 3.15. The molecule has 0 unspecified atom stereocenters. The first-order valence-electron chi connectivity index (χ1n) is 8.25. The number of fused-ring (bicyclic) bond motifs is 1. The molecule has 0 atom stereocenters. The Hall–Kier alpha value is -2.69. The number of aryl methyl sites for hydroxylation is 3. The average Bonchev–Trinajstić information content (AvgIpc) is 3.34. The number of carbonyl (C=O) groups excluding carboxylic acids is 1.